The highest BCUT2D eigenvalue weighted by Gasteiger charge is 2.22. The van der Waals surface area contributed by atoms with Gasteiger partial charge in [-0.3, -0.25) is 4.79 Å². The molecule has 1 aromatic heterocycles. The third kappa shape index (κ3) is 21.4. The summed E-state index contributed by atoms with van der Waals surface area (Å²) < 4.78 is 8.49. The number of terminal acetylenes is 1. The van der Waals surface area contributed by atoms with E-state index in [0.29, 0.717) is 11.7 Å². The second-order valence-electron chi connectivity index (χ2n) is 13.9. The first-order chi connectivity index (χ1) is 27.4. The summed E-state index contributed by atoms with van der Waals surface area (Å²) in [5.74, 6) is 2.86. The van der Waals surface area contributed by atoms with Gasteiger partial charge in [-0.05, 0) is 91.5 Å². The van der Waals surface area contributed by atoms with Gasteiger partial charge in [0.15, 0.2) is 5.09 Å². The molecule has 0 saturated heterocycles. The van der Waals surface area contributed by atoms with Gasteiger partial charge in [0, 0.05) is 42.0 Å². The van der Waals surface area contributed by atoms with Gasteiger partial charge in [-0.15, -0.1) is 19.4 Å². The van der Waals surface area contributed by atoms with Crippen molar-refractivity contribution in [3.05, 3.63) is 114 Å². The smallest absolute Gasteiger partial charge is 0.178 e. The summed E-state index contributed by atoms with van der Waals surface area (Å²) in [7, 11) is 0. The third-order valence-corrected chi connectivity index (χ3v) is 10.0. The zero-order valence-electron chi connectivity index (χ0n) is 37.0. The molecule has 314 valence electrons. The number of ketones is 1. The quantitative estimate of drug-likeness (QED) is 0.0650. The molecular weight excluding hydrogens is 723 g/mol. The molecule has 0 spiro atoms. The molecule has 0 amide bonds. The minimum Gasteiger partial charge on any atom is -0.449 e. The van der Waals surface area contributed by atoms with Crippen molar-refractivity contribution in [1.29, 1.82) is 0 Å². The Bertz CT molecular complexity index is 1680. The fourth-order valence-corrected chi connectivity index (χ4v) is 6.13. The molecule has 0 radical (unpaired) electrons. The fraction of sp³-hybridized carbons (Fsp3) is 0.440. The molecule has 3 aromatic rings. The van der Waals surface area contributed by atoms with Gasteiger partial charge in [0.2, 0.25) is 0 Å². The van der Waals surface area contributed by atoms with Crippen LogP contribution in [0.25, 0.3) is 16.6 Å². The number of rotatable bonds is 16. The maximum atomic E-state index is 10.6. The van der Waals surface area contributed by atoms with Crippen LogP contribution in [0.5, 0.6) is 5.75 Å². The summed E-state index contributed by atoms with van der Waals surface area (Å²) in [5, 5.41) is 5.62. The maximum Gasteiger partial charge on any atom is 0.178 e. The lowest BCUT2D eigenvalue weighted by atomic mass is 10.1. The first-order valence-corrected chi connectivity index (χ1v) is 21.4. The number of aromatic nitrogens is 1. The Morgan fingerprint density at radius 1 is 0.930 bits per heavy atom. The van der Waals surface area contributed by atoms with Crippen molar-refractivity contribution in [2.75, 3.05) is 5.73 Å². The topological polar surface area (TPSA) is 86.3 Å². The van der Waals surface area contributed by atoms with Gasteiger partial charge in [0.25, 0.3) is 0 Å². The molecule has 4 rings (SSSR count). The fourth-order valence-electron chi connectivity index (χ4n) is 5.17. The van der Waals surface area contributed by atoms with E-state index in [2.05, 4.69) is 134 Å². The molecule has 57 heavy (non-hydrogen) atoms. The van der Waals surface area contributed by atoms with Crippen LogP contribution >= 0.6 is 11.8 Å². The monoisotopic (exact) mass is 798 g/mol. The summed E-state index contributed by atoms with van der Waals surface area (Å²) in [6.45, 7) is 31.1. The number of fused-ring (bicyclic) bond motifs is 1. The second kappa shape index (κ2) is 33.5. The Balaban J connectivity index is 0. The molecule has 0 aliphatic carbocycles. The van der Waals surface area contributed by atoms with Crippen molar-refractivity contribution in [2.24, 2.45) is 11.8 Å². The van der Waals surface area contributed by atoms with E-state index in [9.17, 15) is 4.79 Å². The second-order valence-corrected chi connectivity index (χ2v) is 15.0. The number of Topliss-reactive ketones (excluding diaryl/α,β-unsaturated/α-hetero) is 1. The van der Waals surface area contributed by atoms with Gasteiger partial charge in [-0.2, -0.15) is 0 Å². The van der Waals surface area contributed by atoms with Crippen LogP contribution in [0.15, 0.2) is 103 Å². The summed E-state index contributed by atoms with van der Waals surface area (Å²) in [4.78, 5) is 18.6. The third-order valence-electron chi connectivity index (χ3n) is 8.93. The van der Waals surface area contributed by atoms with Crippen molar-refractivity contribution in [3.63, 3.8) is 0 Å². The standard InChI is InChI=1S/C29H33N3OS.C7H14O.C6H14.C5H10.C2H2.CH2O/c1-5-10-23-17-24(30)15-16-27(23)33-28-18-31-29(34-28)21(6-2)14-13-20(4)32-19-22(7-3)25-11-8-9-12-26(25)32;1-3-5-7(8)6-4-2;1-4-6(3)5-2;1-4-5(2)3;2*1-2/h6,8-9,11-19,29,31H,2,5,7,10,30H2,1,3-4H3;3-6H2,1-2H3;6H,4-5H2,1-3H3;4-5H,1H2,2-3H3;1-2H;1H2/b20-13+,21-14+;;;;;. The summed E-state index contributed by atoms with van der Waals surface area (Å²) >= 11 is 1.65. The number of carbonyl (C=O) groups excluding carboxylic acids is 2. The highest BCUT2D eigenvalue weighted by molar-refractivity contribution is 8.03. The molecule has 0 fully saturated rings. The van der Waals surface area contributed by atoms with Crippen molar-refractivity contribution in [1.82, 2.24) is 9.88 Å². The molecule has 3 N–H and O–H groups in total. The van der Waals surface area contributed by atoms with E-state index in [1.165, 1.54) is 29.3 Å². The minimum atomic E-state index is 0.0487. The van der Waals surface area contributed by atoms with Crippen LogP contribution in [0.3, 0.4) is 0 Å². The number of hydrogen-bond donors (Lipinski definition) is 2. The molecule has 2 aromatic carbocycles. The number of anilines is 1. The number of aryl methyl sites for hydroxylation is 2. The number of benzene rings is 2. The van der Waals surface area contributed by atoms with E-state index >= 15 is 0 Å². The Labute approximate surface area is 352 Å². The van der Waals surface area contributed by atoms with Crippen molar-refractivity contribution >= 4 is 46.6 Å². The number of allylic oxidation sites excluding steroid dienone is 4. The van der Waals surface area contributed by atoms with Crippen molar-refractivity contribution in [3.8, 4) is 18.6 Å². The van der Waals surface area contributed by atoms with Crippen molar-refractivity contribution < 1.29 is 14.3 Å². The first kappa shape index (κ1) is 54.4. The molecular formula is C50H75N3O3S. The molecule has 0 saturated carbocycles. The zero-order valence-corrected chi connectivity index (χ0v) is 37.9. The predicted octanol–water partition coefficient (Wildman–Crippen LogP) is 13.7. The predicted molar refractivity (Wildman–Crippen MR) is 254 cm³/mol. The highest BCUT2D eigenvalue weighted by atomic mass is 32.2. The lowest BCUT2D eigenvalue weighted by Crippen LogP contribution is -2.17. The number of nitrogens with zero attached hydrogens (tertiary/aromatic N) is 1. The van der Waals surface area contributed by atoms with Crippen LogP contribution in [0.4, 0.5) is 5.69 Å². The van der Waals surface area contributed by atoms with E-state index in [1.807, 2.05) is 57.2 Å². The maximum absolute atomic E-state index is 10.6. The lowest BCUT2D eigenvalue weighted by molar-refractivity contribution is -0.119. The van der Waals surface area contributed by atoms with Gasteiger partial charge in [0.1, 0.15) is 23.7 Å². The molecule has 1 aliphatic rings. The number of carbonyl (C=O) groups is 2. The van der Waals surface area contributed by atoms with Gasteiger partial charge >= 0.3 is 0 Å². The molecule has 6 nitrogen and oxygen atoms in total. The Morgan fingerprint density at radius 2 is 1.53 bits per heavy atom. The minimum absolute atomic E-state index is 0.0487. The van der Waals surface area contributed by atoms with Crippen LogP contribution in [0, 0.1) is 24.7 Å². The van der Waals surface area contributed by atoms with Crippen molar-refractivity contribution in [2.45, 2.75) is 132 Å². The summed E-state index contributed by atoms with van der Waals surface area (Å²) in [6, 6.07) is 14.4. The first-order valence-electron chi connectivity index (χ1n) is 20.5. The zero-order chi connectivity index (χ0) is 43.8. The molecule has 1 aliphatic heterocycles. The normalized spacial score (nSPS) is 13.0. The number of hydrogen-bond acceptors (Lipinski definition) is 6. The van der Waals surface area contributed by atoms with Gasteiger partial charge in [-0.1, -0.05) is 136 Å². The highest BCUT2D eigenvalue weighted by Crippen LogP contribution is 2.35. The molecule has 2 heterocycles. The van der Waals surface area contributed by atoms with Crippen LogP contribution in [0.1, 0.15) is 125 Å². The van der Waals surface area contributed by atoms with E-state index in [4.69, 9.17) is 15.3 Å². The number of nitrogens with two attached hydrogens (primary N) is 1. The summed E-state index contributed by atoms with van der Waals surface area (Å²) in [6.07, 6.45) is 29.5. The Kier molecular flexibility index (Phi) is 32.0. The average molecular weight is 798 g/mol. The Morgan fingerprint density at radius 3 is 2.02 bits per heavy atom. The number of para-hydroxylation sites is 1. The number of nitrogens with one attached hydrogen (secondary N) is 1. The van der Waals surface area contributed by atoms with Gasteiger partial charge < -0.3 is 25.1 Å². The van der Waals surface area contributed by atoms with Crippen LogP contribution in [-0.4, -0.2) is 22.5 Å². The van der Waals surface area contributed by atoms with E-state index in [0.717, 1.165) is 84.2 Å². The number of ether oxygens (including phenoxy) is 1. The van der Waals surface area contributed by atoms with E-state index < -0.39 is 0 Å². The average Bonchev–Trinajstić information content (AvgIpc) is 3.86. The molecule has 0 bridgehead atoms. The van der Waals surface area contributed by atoms with Crippen LogP contribution in [0.2, 0.25) is 0 Å². The number of nitrogen functional groups attached to an aromatic ring is 1. The van der Waals surface area contributed by atoms with Gasteiger partial charge in [-0.25, -0.2) is 0 Å². The Hall–Kier alpha value is -4.67. The van der Waals surface area contributed by atoms with Crippen LogP contribution < -0.4 is 15.8 Å². The van der Waals surface area contributed by atoms with Crippen LogP contribution in [-0.2, 0) is 22.4 Å². The van der Waals surface area contributed by atoms with Gasteiger partial charge in [0.05, 0.1) is 5.52 Å². The SMILES string of the molecule is C#C.C=C/C(=C\C=C(/C)n1cc(CC)c2ccccc21)C1NC=C(Oc2ccc(N)cc2CCC)S1.C=CC(C)C.C=O.CCC(C)CC.CCCC(=O)CCC. The largest absolute Gasteiger partial charge is 0.449 e. The summed E-state index contributed by atoms with van der Waals surface area (Å²) in [5.41, 5.74) is 12.7. The van der Waals surface area contributed by atoms with E-state index in [1.54, 1.807) is 11.8 Å². The molecule has 1 atom stereocenters. The molecule has 7 heteroatoms. The van der Waals surface area contributed by atoms with E-state index in [-0.39, 0.29) is 5.37 Å². The molecule has 1 unspecified atom stereocenters. The lowest BCUT2D eigenvalue weighted by Gasteiger charge is -2.14. The number of thioether (sulfide) groups is 1.